The third-order valence-corrected chi connectivity index (χ3v) is 3.32. The van der Waals surface area contributed by atoms with Crippen molar-refractivity contribution in [3.8, 4) is 11.5 Å². The largest absolute Gasteiger partial charge is 0.487 e. The summed E-state index contributed by atoms with van der Waals surface area (Å²) >= 11 is 0. The highest BCUT2D eigenvalue weighted by molar-refractivity contribution is 5.36. The maximum atomic E-state index is 5.89. The number of rotatable bonds is 5. The number of nitrogens with zero attached hydrogens (tertiary/aromatic N) is 1. The van der Waals surface area contributed by atoms with Gasteiger partial charge in [0.2, 0.25) is 0 Å². The highest BCUT2D eigenvalue weighted by Crippen LogP contribution is 2.22. The molecule has 1 saturated heterocycles. The van der Waals surface area contributed by atoms with Crippen LogP contribution in [0.4, 0.5) is 0 Å². The fourth-order valence-electron chi connectivity index (χ4n) is 2.06. The van der Waals surface area contributed by atoms with Gasteiger partial charge in [-0.3, -0.25) is 4.98 Å². The predicted octanol–water partition coefficient (Wildman–Crippen LogP) is 2.32. The van der Waals surface area contributed by atoms with E-state index >= 15 is 0 Å². The minimum atomic E-state index is 0.311. The number of benzene rings is 1. The first-order valence-electron chi connectivity index (χ1n) is 6.81. The molecule has 2 aromatic rings. The fourth-order valence-corrected chi connectivity index (χ4v) is 2.06. The molecule has 0 amide bonds. The molecule has 0 atom stereocenters. The highest BCUT2D eigenvalue weighted by Gasteiger charge is 2.18. The van der Waals surface area contributed by atoms with Crippen molar-refractivity contribution in [3.05, 3.63) is 53.9 Å². The first-order chi connectivity index (χ1) is 9.81. The molecule has 2 heterocycles. The van der Waals surface area contributed by atoms with Crippen molar-refractivity contribution in [2.24, 2.45) is 0 Å². The van der Waals surface area contributed by atoms with E-state index in [2.05, 4.69) is 23.3 Å². The van der Waals surface area contributed by atoms with Crippen LogP contribution in [0.1, 0.15) is 11.1 Å². The van der Waals surface area contributed by atoms with Gasteiger partial charge in [-0.05, 0) is 42.3 Å². The highest BCUT2D eigenvalue weighted by atomic mass is 16.5. The van der Waals surface area contributed by atoms with E-state index in [9.17, 15) is 0 Å². The van der Waals surface area contributed by atoms with Crippen LogP contribution in [0.5, 0.6) is 11.5 Å². The molecule has 1 aliphatic rings. The summed E-state index contributed by atoms with van der Waals surface area (Å²) in [4.78, 5) is 4.03. The summed E-state index contributed by atoms with van der Waals surface area (Å²) in [6, 6.07) is 9.95. The van der Waals surface area contributed by atoms with E-state index < -0.39 is 0 Å². The summed E-state index contributed by atoms with van der Waals surface area (Å²) in [6.45, 7) is 4.48. The quantitative estimate of drug-likeness (QED) is 0.905. The zero-order valence-corrected chi connectivity index (χ0v) is 11.5. The van der Waals surface area contributed by atoms with Crippen LogP contribution >= 0.6 is 0 Å². The Hall–Kier alpha value is -2.07. The van der Waals surface area contributed by atoms with Gasteiger partial charge >= 0.3 is 0 Å². The van der Waals surface area contributed by atoms with Gasteiger partial charge in [-0.25, -0.2) is 0 Å². The molecule has 104 valence electrons. The Bertz CT molecular complexity index is 568. The summed E-state index contributed by atoms with van der Waals surface area (Å²) in [7, 11) is 0. The van der Waals surface area contributed by atoms with Gasteiger partial charge in [0.1, 0.15) is 24.2 Å². The number of nitrogens with one attached hydrogen (secondary N) is 1. The van der Waals surface area contributed by atoms with E-state index in [1.165, 1.54) is 0 Å². The molecule has 0 radical (unpaired) electrons. The molecule has 0 bridgehead atoms. The van der Waals surface area contributed by atoms with Gasteiger partial charge in [0.05, 0.1) is 6.20 Å². The van der Waals surface area contributed by atoms with E-state index in [4.69, 9.17) is 9.47 Å². The molecule has 0 unspecified atom stereocenters. The van der Waals surface area contributed by atoms with Crippen molar-refractivity contribution in [2.75, 3.05) is 13.1 Å². The Labute approximate surface area is 118 Å². The second-order valence-electron chi connectivity index (χ2n) is 4.98. The molecule has 0 spiro atoms. The Morgan fingerprint density at radius 2 is 2.20 bits per heavy atom. The van der Waals surface area contributed by atoms with Crippen molar-refractivity contribution < 1.29 is 9.47 Å². The average Bonchev–Trinajstić information content (AvgIpc) is 2.43. The van der Waals surface area contributed by atoms with Gasteiger partial charge in [0.15, 0.2) is 0 Å². The van der Waals surface area contributed by atoms with Crippen molar-refractivity contribution >= 4 is 0 Å². The van der Waals surface area contributed by atoms with Gasteiger partial charge in [-0.15, -0.1) is 0 Å². The van der Waals surface area contributed by atoms with E-state index in [1.807, 2.05) is 24.3 Å². The van der Waals surface area contributed by atoms with E-state index in [0.717, 1.165) is 35.7 Å². The van der Waals surface area contributed by atoms with Gasteiger partial charge in [-0.1, -0.05) is 6.07 Å². The second-order valence-corrected chi connectivity index (χ2v) is 4.98. The maximum absolute atomic E-state index is 5.89. The topological polar surface area (TPSA) is 43.4 Å². The van der Waals surface area contributed by atoms with Crippen LogP contribution in [0.3, 0.4) is 0 Å². The molecule has 20 heavy (non-hydrogen) atoms. The zero-order valence-electron chi connectivity index (χ0n) is 11.5. The molecule has 1 aromatic carbocycles. The summed E-state index contributed by atoms with van der Waals surface area (Å²) in [6.07, 6.45) is 3.76. The van der Waals surface area contributed by atoms with Crippen molar-refractivity contribution in [2.45, 2.75) is 19.6 Å². The lowest BCUT2D eigenvalue weighted by Crippen LogP contribution is -2.50. The predicted molar refractivity (Wildman–Crippen MR) is 77.0 cm³/mol. The third-order valence-electron chi connectivity index (χ3n) is 3.32. The number of hydrogen-bond acceptors (Lipinski definition) is 4. The van der Waals surface area contributed by atoms with E-state index in [1.54, 1.807) is 12.4 Å². The summed E-state index contributed by atoms with van der Waals surface area (Å²) in [5, 5.41) is 3.20. The fraction of sp³-hybridized carbons (Fsp3) is 0.312. The van der Waals surface area contributed by atoms with Crippen LogP contribution in [0.15, 0.2) is 42.7 Å². The minimum Gasteiger partial charge on any atom is -0.487 e. The molecule has 1 N–H and O–H groups in total. The monoisotopic (exact) mass is 270 g/mol. The van der Waals surface area contributed by atoms with Crippen molar-refractivity contribution in [1.82, 2.24) is 10.3 Å². The van der Waals surface area contributed by atoms with Crippen LogP contribution in [0.25, 0.3) is 0 Å². The Balaban J connectivity index is 1.61. The SMILES string of the molecule is Cc1cc(COc2cccnc2)ccc1OC1CNC1. The maximum Gasteiger partial charge on any atom is 0.138 e. The van der Waals surface area contributed by atoms with Crippen LogP contribution in [-0.4, -0.2) is 24.2 Å². The van der Waals surface area contributed by atoms with Crippen LogP contribution in [0, 0.1) is 6.92 Å². The summed E-state index contributed by atoms with van der Waals surface area (Å²) in [5.74, 6) is 1.74. The lowest BCUT2D eigenvalue weighted by molar-refractivity contribution is 0.141. The molecule has 1 fully saturated rings. The molecule has 0 saturated carbocycles. The second kappa shape index (κ2) is 5.92. The van der Waals surface area contributed by atoms with E-state index in [0.29, 0.717) is 12.7 Å². The van der Waals surface area contributed by atoms with E-state index in [-0.39, 0.29) is 0 Å². The Kier molecular flexibility index (Phi) is 3.83. The molecule has 4 nitrogen and oxygen atoms in total. The Morgan fingerprint density at radius 3 is 2.85 bits per heavy atom. The van der Waals surface area contributed by atoms with Gasteiger partial charge < -0.3 is 14.8 Å². The molecule has 0 aliphatic carbocycles. The molecular formula is C16H18N2O2. The number of pyridine rings is 1. The normalized spacial score (nSPS) is 14.7. The number of aryl methyl sites for hydroxylation is 1. The first kappa shape index (κ1) is 12.9. The van der Waals surface area contributed by atoms with Crippen molar-refractivity contribution in [1.29, 1.82) is 0 Å². The first-order valence-corrected chi connectivity index (χ1v) is 6.81. The molecule has 4 heteroatoms. The van der Waals surface area contributed by atoms with Crippen LogP contribution < -0.4 is 14.8 Å². The van der Waals surface area contributed by atoms with Gasteiger partial charge in [-0.2, -0.15) is 0 Å². The third kappa shape index (κ3) is 3.08. The number of hydrogen-bond donors (Lipinski definition) is 1. The van der Waals surface area contributed by atoms with Gasteiger partial charge in [0, 0.05) is 19.3 Å². The minimum absolute atomic E-state index is 0.311. The Morgan fingerprint density at radius 1 is 1.30 bits per heavy atom. The lowest BCUT2D eigenvalue weighted by atomic mass is 10.1. The average molecular weight is 270 g/mol. The molecular weight excluding hydrogens is 252 g/mol. The number of aromatic nitrogens is 1. The smallest absolute Gasteiger partial charge is 0.138 e. The summed E-state index contributed by atoms with van der Waals surface area (Å²) < 4.78 is 11.6. The molecule has 1 aliphatic heterocycles. The van der Waals surface area contributed by atoms with Gasteiger partial charge in [0.25, 0.3) is 0 Å². The molecule has 1 aromatic heterocycles. The zero-order chi connectivity index (χ0) is 13.8. The standard InChI is InChI=1S/C16H18N2O2/c1-12-7-13(11-19-14-3-2-6-17-8-14)4-5-16(12)20-15-9-18-10-15/h2-8,15,18H,9-11H2,1H3. The van der Waals surface area contributed by atoms with Crippen LogP contribution in [-0.2, 0) is 6.61 Å². The summed E-state index contributed by atoms with van der Waals surface area (Å²) in [5.41, 5.74) is 2.27. The molecule has 3 rings (SSSR count). The van der Waals surface area contributed by atoms with Crippen LogP contribution in [0.2, 0.25) is 0 Å². The number of ether oxygens (including phenoxy) is 2. The van der Waals surface area contributed by atoms with Crippen molar-refractivity contribution in [3.63, 3.8) is 0 Å². The lowest BCUT2D eigenvalue weighted by Gasteiger charge is -2.28.